The van der Waals surface area contributed by atoms with Crippen LogP contribution in [-0.2, 0) is 0 Å². The van der Waals surface area contributed by atoms with Gasteiger partial charge in [0.05, 0.1) is 0 Å². The molecule has 0 saturated carbocycles. The van der Waals surface area contributed by atoms with Crippen molar-refractivity contribution in [3.63, 3.8) is 0 Å². The van der Waals surface area contributed by atoms with E-state index in [0.717, 1.165) is 10.7 Å². The summed E-state index contributed by atoms with van der Waals surface area (Å²) in [6.45, 7) is 0. The van der Waals surface area contributed by atoms with Gasteiger partial charge in [0.15, 0.2) is 0 Å². The molecule has 0 fully saturated rings. The summed E-state index contributed by atoms with van der Waals surface area (Å²) < 4.78 is 0. The molecule has 4 heteroatoms. The van der Waals surface area contributed by atoms with Gasteiger partial charge in [0, 0.05) is 20.3 Å². The van der Waals surface area contributed by atoms with E-state index in [0.29, 0.717) is 9.65 Å². The zero-order valence-electron chi connectivity index (χ0n) is 6.91. The van der Waals surface area contributed by atoms with Crippen molar-refractivity contribution in [2.24, 2.45) is 0 Å². The summed E-state index contributed by atoms with van der Waals surface area (Å²) in [4.78, 5) is 1.31. The number of halogens is 4. The molecule has 0 aromatic rings. The lowest BCUT2D eigenvalue weighted by molar-refractivity contribution is 0.671. The highest BCUT2D eigenvalue weighted by Gasteiger charge is 2.10. The SMILES string of the molecule is BrCCCC(Br)CC(Br)CCBr. The first-order valence-electron chi connectivity index (χ1n) is 4.10. The minimum atomic E-state index is 0.650. The molecular formula is C8H14Br4. The van der Waals surface area contributed by atoms with Gasteiger partial charge in [0.25, 0.3) is 0 Å². The maximum Gasteiger partial charge on any atom is 0.0164 e. The molecule has 0 spiro atoms. The summed E-state index contributed by atoms with van der Waals surface area (Å²) in [7, 11) is 0. The van der Waals surface area contributed by atoms with Crippen molar-refractivity contribution in [1.82, 2.24) is 0 Å². The van der Waals surface area contributed by atoms with E-state index in [1.165, 1.54) is 25.7 Å². The Bertz CT molecular complexity index is 97.1. The van der Waals surface area contributed by atoms with E-state index < -0.39 is 0 Å². The third-order valence-electron chi connectivity index (χ3n) is 1.58. The van der Waals surface area contributed by atoms with Gasteiger partial charge >= 0.3 is 0 Å². The predicted octanol–water partition coefficient (Wildman–Crippen LogP) is 4.86. The Balaban J connectivity index is 3.33. The third-order valence-corrected chi connectivity index (χ3v) is 4.27. The normalized spacial score (nSPS) is 16.0. The highest BCUT2D eigenvalue weighted by Crippen LogP contribution is 2.21. The zero-order chi connectivity index (χ0) is 9.40. The van der Waals surface area contributed by atoms with Gasteiger partial charge < -0.3 is 0 Å². The molecule has 74 valence electrons. The first-order valence-corrected chi connectivity index (χ1v) is 8.18. The molecule has 0 aliphatic carbocycles. The van der Waals surface area contributed by atoms with Crippen LogP contribution in [0.3, 0.4) is 0 Å². The number of hydrogen-bond donors (Lipinski definition) is 0. The van der Waals surface area contributed by atoms with Crippen LogP contribution in [0.25, 0.3) is 0 Å². The molecule has 0 aromatic carbocycles. The fourth-order valence-corrected chi connectivity index (χ4v) is 4.38. The number of alkyl halides is 4. The maximum atomic E-state index is 3.68. The molecule has 0 N–H and O–H groups in total. The number of hydrogen-bond acceptors (Lipinski definition) is 0. The van der Waals surface area contributed by atoms with Gasteiger partial charge in [-0.15, -0.1) is 0 Å². The summed E-state index contributed by atoms with van der Waals surface area (Å²) in [6, 6.07) is 0. The molecular weight excluding hydrogens is 416 g/mol. The van der Waals surface area contributed by atoms with Crippen LogP contribution in [0.15, 0.2) is 0 Å². The van der Waals surface area contributed by atoms with Gasteiger partial charge in [0.1, 0.15) is 0 Å². The van der Waals surface area contributed by atoms with E-state index in [1.54, 1.807) is 0 Å². The molecule has 0 aromatic heterocycles. The van der Waals surface area contributed by atoms with Crippen molar-refractivity contribution in [2.75, 3.05) is 10.7 Å². The summed E-state index contributed by atoms with van der Waals surface area (Å²) in [5, 5.41) is 2.20. The Morgan fingerprint density at radius 1 is 0.833 bits per heavy atom. The van der Waals surface area contributed by atoms with Gasteiger partial charge in [-0.2, -0.15) is 0 Å². The first kappa shape index (κ1) is 13.9. The quantitative estimate of drug-likeness (QED) is 0.507. The Kier molecular flexibility index (Phi) is 11.0. The minimum Gasteiger partial charge on any atom is -0.0928 e. The monoisotopic (exact) mass is 426 g/mol. The molecule has 0 nitrogen and oxygen atoms in total. The second kappa shape index (κ2) is 9.47. The van der Waals surface area contributed by atoms with Crippen molar-refractivity contribution in [3.8, 4) is 0 Å². The molecule has 0 rings (SSSR count). The lowest BCUT2D eigenvalue weighted by atomic mass is 10.1. The van der Waals surface area contributed by atoms with E-state index in [-0.39, 0.29) is 0 Å². The van der Waals surface area contributed by atoms with Crippen LogP contribution in [0, 0.1) is 0 Å². The van der Waals surface area contributed by atoms with Crippen LogP contribution in [0.1, 0.15) is 25.7 Å². The predicted molar refractivity (Wildman–Crippen MR) is 71.5 cm³/mol. The average Bonchev–Trinajstić information content (AvgIpc) is 2.01. The number of rotatable bonds is 7. The highest BCUT2D eigenvalue weighted by molar-refractivity contribution is 9.10. The fraction of sp³-hybridized carbons (Fsp3) is 1.00. The molecule has 0 aliphatic heterocycles. The molecule has 0 heterocycles. The van der Waals surface area contributed by atoms with Gasteiger partial charge in [-0.05, 0) is 25.7 Å². The van der Waals surface area contributed by atoms with E-state index in [9.17, 15) is 0 Å². The summed E-state index contributed by atoms with van der Waals surface area (Å²) in [5.41, 5.74) is 0. The van der Waals surface area contributed by atoms with Crippen LogP contribution in [0.2, 0.25) is 0 Å². The molecule has 2 atom stereocenters. The Hall–Kier alpha value is 1.92. The first-order chi connectivity index (χ1) is 5.70. The average molecular weight is 430 g/mol. The lowest BCUT2D eigenvalue weighted by Gasteiger charge is -2.12. The maximum absolute atomic E-state index is 3.68. The molecule has 0 radical (unpaired) electrons. The Labute approximate surface area is 109 Å². The molecule has 0 bridgehead atoms. The van der Waals surface area contributed by atoms with Crippen LogP contribution < -0.4 is 0 Å². The molecule has 0 saturated heterocycles. The van der Waals surface area contributed by atoms with Crippen molar-refractivity contribution < 1.29 is 0 Å². The molecule has 2 unspecified atom stereocenters. The van der Waals surface area contributed by atoms with Gasteiger partial charge in [-0.3, -0.25) is 0 Å². The fourth-order valence-electron chi connectivity index (χ4n) is 0.930. The van der Waals surface area contributed by atoms with Crippen LogP contribution in [-0.4, -0.2) is 20.3 Å². The third kappa shape index (κ3) is 8.52. The Morgan fingerprint density at radius 3 is 1.92 bits per heavy atom. The van der Waals surface area contributed by atoms with Gasteiger partial charge in [0.2, 0.25) is 0 Å². The Morgan fingerprint density at radius 2 is 1.42 bits per heavy atom. The lowest BCUT2D eigenvalue weighted by Crippen LogP contribution is -2.08. The van der Waals surface area contributed by atoms with E-state index >= 15 is 0 Å². The smallest absolute Gasteiger partial charge is 0.0164 e. The molecule has 12 heavy (non-hydrogen) atoms. The van der Waals surface area contributed by atoms with E-state index in [1.807, 2.05) is 0 Å². The van der Waals surface area contributed by atoms with E-state index in [4.69, 9.17) is 0 Å². The van der Waals surface area contributed by atoms with Crippen molar-refractivity contribution in [1.29, 1.82) is 0 Å². The summed E-state index contributed by atoms with van der Waals surface area (Å²) >= 11 is 14.2. The van der Waals surface area contributed by atoms with Crippen LogP contribution >= 0.6 is 63.7 Å². The second-order valence-corrected chi connectivity index (χ2v) is 6.92. The van der Waals surface area contributed by atoms with Crippen molar-refractivity contribution in [2.45, 2.75) is 35.3 Å². The largest absolute Gasteiger partial charge is 0.0928 e. The van der Waals surface area contributed by atoms with Gasteiger partial charge in [-0.25, -0.2) is 0 Å². The summed E-state index contributed by atoms with van der Waals surface area (Å²) in [6.07, 6.45) is 4.94. The van der Waals surface area contributed by atoms with Crippen molar-refractivity contribution >= 4 is 63.7 Å². The minimum absolute atomic E-state index is 0.650. The molecule has 0 aliphatic rings. The van der Waals surface area contributed by atoms with Crippen LogP contribution in [0.5, 0.6) is 0 Å². The summed E-state index contributed by atoms with van der Waals surface area (Å²) in [5.74, 6) is 0. The van der Waals surface area contributed by atoms with E-state index in [2.05, 4.69) is 63.7 Å². The standard InChI is InChI=1S/C8H14Br4/c9-4-1-2-7(11)6-8(12)3-5-10/h7-8H,1-6H2. The zero-order valence-corrected chi connectivity index (χ0v) is 13.3. The van der Waals surface area contributed by atoms with Crippen molar-refractivity contribution in [3.05, 3.63) is 0 Å². The second-order valence-electron chi connectivity index (χ2n) is 2.74. The topological polar surface area (TPSA) is 0 Å². The molecule has 0 amide bonds. The highest BCUT2D eigenvalue weighted by atomic mass is 79.9. The van der Waals surface area contributed by atoms with Gasteiger partial charge in [-0.1, -0.05) is 63.7 Å². The van der Waals surface area contributed by atoms with Crippen LogP contribution in [0.4, 0.5) is 0 Å².